The minimum absolute atomic E-state index is 0.0711. The molecule has 0 unspecified atom stereocenters. The number of nitrogens with one attached hydrogen (secondary N) is 1. The van der Waals surface area contributed by atoms with Gasteiger partial charge in [-0.25, -0.2) is 4.98 Å². The quantitative estimate of drug-likeness (QED) is 0.704. The maximum absolute atomic E-state index is 13.0. The Hall–Kier alpha value is -2.89. The van der Waals surface area contributed by atoms with Crippen LogP contribution in [-0.2, 0) is 4.79 Å². The molecule has 0 radical (unpaired) electrons. The minimum atomic E-state index is -0.0804. The summed E-state index contributed by atoms with van der Waals surface area (Å²) in [7, 11) is 0. The number of rotatable bonds is 3. The molecule has 29 heavy (non-hydrogen) atoms. The molecule has 1 fully saturated rings. The Balaban J connectivity index is 1.59. The number of piperidine rings is 1. The van der Waals surface area contributed by atoms with E-state index in [1.165, 1.54) is 0 Å². The van der Waals surface area contributed by atoms with Crippen LogP contribution in [0.4, 0.5) is 11.5 Å². The fraction of sp³-hybridized carbons (Fsp3) is 0.435. The summed E-state index contributed by atoms with van der Waals surface area (Å²) in [5.74, 6) is 2.42. The number of benzene rings is 1. The molecule has 1 N–H and O–H groups in total. The monoisotopic (exact) mass is 392 g/mol. The fourth-order valence-corrected chi connectivity index (χ4v) is 4.24. The van der Waals surface area contributed by atoms with Gasteiger partial charge in [-0.15, -0.1) is 0 Å². The van der Waals surface area contributed by atoms with Gasteiger partial charge in [-0.2, -0.15) is 4.98 Å². The molecule has 0 bridgehead atoms. The summed E-state index contributed by atoms with van der Waals surface area (Å²) >= 11 is 0. The van der Waals surface area contributed by atoms with E-state index in [0.717, 1.165) is 58.7 Å². The highest BCUT2D eigenvalue weighted by Gasteiger charge is 2.29. The number of carbonyl (C=O) groups is 1. The molecule has 0 saturated carbocycles. The van der Waals surface area contributed by atoms with E-state index in [2.05, 4.69) is 21.3 Å². The lowest BCUT2D eigenvalue weighted by Gasteiger charge is -2.33. The third-order valence-electron chi connectivity index (χ3n) is 5.70. The highest BCUT2D eigenvalue weighted by Crippen LogP contribution is 2.33. The number of aromatic nitrogens is 2. The highest BCUT2D eigenvalue weighted by atomic mass is 16.3. The predicted octanol–water partition coefficient (Wildman–Crippen LogP) is 4.62. The molecule has 1 amide bonds. The van der Waals surface area contributed by atoms with Crippen LogP contribution in [0.3, 0.4) is 0 Å². The number of fused-ring (bicyclic) bond motifs is 1. The van der Waals surface area contributed by atoms with Crippen molar-refractivity contribution in [1.82, 2.24) is 9.97 Å². The molecule has 3 aromatic rings. The first-order valence-electron chi connectivity index (χ1n) is 10.2. The summed E-state index contributed by atoms with van der Waals surface area (Å²) in [6.45, 7) is 11.5. The van der Waals surface area contributed by atoms with Crippen LogP contribution in [0.2, 0.25) is 0 Å². The SMILES string of the molecule is Cc1cc(C)cc(NC(=O)[C@@H]2CCCN(c3nc(C)nc4oc(C)c(C)c34)C2)c1. The Labute approximate surface area is 171 Å². The number of hydrogen-bond donors (Lipinski definition) is 1. The molecule has 1 atom stereocenters. The summed E-state index contributed by atoms with van der Waals surface area (Å²) in [5.41, 5.74) is 4.86. The van der Waals surface area contributed by atoms with Crippen LogP contribution in [0.5, 0.6) is 0 Å². The molecule has 1 aliphatic heterocycles. The van der Waals surface area contributed by atoms with Crippen LogP contribution in [0.1, 0.15) is 41.1 Å². The molecule has 0 spiro atoms. The Kier molecular flexibility index (Phi) is 5.03. The van der Waals surface area contributed by atoms with Crippen molar-refractivity contribution in [2.24, 2.45) is 5.92 Å². The fourth-order valence-electron chi connectivity index (χ4n) is 4.24. The summed E-state index contributed by atoms with van der Waals surface area (Å²) < 4.78 is 5.83. The van der Waals surface area contributed by atoms with Crippen LogP contribution in [0, 0.1) is 40.5 Å². The number of carbonyl (C=O) groups excluding carboxylic acids is 1. The van der Waals surface area contributed by atoms with Gasteiger partial charge in [0.25, 0.3) is 0 Å². The number of amides is 1. The van der Waals surface area contributed by atoms with Crippen LogP contribution in [0.25, 0.3) is 11.1 Å². The first-order valence-corrected chi connectivity index (χ1v) is 10.2. The van der Waals surface area contributed by atoms with Crippen molar-refractivity contribution in [3.8, 4) is 0 Å². The van der Waals surface area contributed by atoms with Crippen molar-refractivity contribution in [2.75, 3.05) is 23.3 Å². The first-order chi connectivity index (χ1) is 13.8. The molecular formula is C23H28N4O2. The van der Waals surface area contributed by atoms with Crippen molar-refractivity contribution < 1.29 is 9.21 Å². The number of anilines is 2. The zero-order valence-electron chi connectivity index (χ0n) is 17.8. The number of furan rings is 1. The lowest BCUT2D eigenvalue weighted by molar-refractivity contribution is -0.120. The lowest BCUT2D eigenvalue weighted by atomic mass is 9.96. The van der Waals surface area contributed by atoms with Gasteiger partial charge >= 0.3 is 0 Å². The maximum atomic E-state index is 13.0. The summed E-state index contributed by atoms with van der Waals surface area (Å²) in [6.07, 6.45) is 1.83. The van der Waals surface area contributed by atoms with E-state index in [9.17, 15) is 4.79 Å². The van der Waals surface area contributed by atoms with Crippen LogP contribution >= 0.6 is 0 Å². The third kappa shape index (κ3) is 3.84. The molecule has 2 aromatic heterocycles. The van der Waals surface area contributed by atoms with E-state index in [0.29, 0.717) is 18.1 Å². The average molecular weight is 393 g/mol. The Morgan fingerprint density at radius 3 is 2.55 bits per heavy atom. The average Bonchev–Trinajstić information content (AvgIpc) is 2.94. The van der Waals surface area contributed by atoms with E-state index < -0.39 is 0 Å². The Morgan fingerprint density at radius 1 is 1.10 bits per heavy atom. The van der Waals surface area contributed by atoms with Crippen molar-refractivity contribution >= 4 is 28.5 Å². The van der Waals surface area contributed by atoms with Gasteiger partial charge in [0.1, 0.15) is 17.4 Å². The summed E-state index contributed by atoms with van der Waals surface area (Å²) in [4.78, 5) is 24.4. The minimum Gasteiger partial charge on any atom is -0.443 e. The molecule has 1 saturated heterocycles. The van der Waals surface area contributed by atoms with Crippen LogP contribution in [-0.4, -0.2) is 29.0 Å². The standard InChI is InChI=1S/C23H28N4O2/c1-13-9-14(2)11-19(10-13)26-22(28)18-7-6-8-27(12-18)21-20-15(3)16(4)29-23(20)25-17(5)24-21/h9-11,18H,6-8,12H2,1-5H3,(H,26,28)/t18-/m1/s1. The third-order valence-corrected chi connectivity index (χ3v) is 5.70. The second kappa shape index (κ2) is 7.50. The van der Waals surface area contributed by atoms with Gasteiger partial charge in [-0.05, 0) is 70.7 Å². The van der Waals surface area contributed by atoms with Crippen LogP contribution in [0.15, 0.2) is 22.6 Å². The number of hydrogen-bond acceptors (Lipinski definition) is 5. The second-order valence-corrected chi connectivity index (χ2v) is 8.21. The number of nitrogens with zero attached hydrogens (tertiary/aromatic N) is 3. The molecule has 0 aliphatic carbocycles. The molecule has 152 valence electrons. The highest BCUT2D eigenvalue weighted by molar-refractivity contribution is 5.94. The van der Waals surface area contributed by atoms with Gasteiger partial charge in [0.05, 0.1) is 11.3 Å². The summed E-state index contributed by atoms with van der Waals surface area (Å²) in [6, 6.07) is 6.14. The maximum Gasteiger partial charge on any atom is 0.231 e. The van der Waals surface area contributed by atoms with E-state index in [4.69, 9.17) is 9.40 Å². The van der Waals surface area contributed by atoms with Gasteiger partial charge < -0.3 is 14.6 Å². The molecule has 4 rings (SSSR count). The normalized spacial score (nSPS) is 17.0. The van der Waals surface area contributed by atoms with E-state index >= 15 is 0 Å². The van der Waals surface area contributed by atoms with Crippen molar-refractivity contribution in [3.05, 3.63) is 46.5 Å². The largest absolute Gasteiger partial charge is 0.443 e. The smallest absolute Gasteiger partial charge is 0.231 e. The second-order valence-electron chi connectivity index (χ2n) is 8.21. The molecule has 6 heteroatoms. The molecule has 1 aromatic carbocycles. The number of aryl methyl sites for hydroxylation is 5. The zero-order chi connectivity index (χ0) is 20.7. The van der Waals surface area contributed by atoms with Gasteiger partial charge in [-0.1, -0.05) is 6.07 Å². The van der Waals surface area contributed by atoms with E-state index in [-0.39, 0.29) is 11.8 Å². The zero-order valence-corrected chi connectivity index (χ0v) is 17.8. The van der Waals surface area contributed by atoms with E-state index in [1.807, 2.05) is 46.8 Å². The topological polar surface area (TPSA) is 71.3 Å². The Bertz CT molecular complexity index is 1070. The van der Waals surface area contributed by atoms with Crippen molar-refractivity contribution in [2.45, 2.75) is 47.5 Å². The van der Waals surface area contributed by atoms with Gasteiger partial charge in [0.15, 0.2) is 0 Å². The molecular weight excluding hydrogens is 364 g/mol. The van der Waals surface area contributed by atoms with Crippen molar-refractivity contribution in [1.29, 1.82) is 0 Å². The molecule has 1 aliphatic rings. The summed E-state index contributed by atoms with van der Waals surface area (Å²) in [5, 5.41) is 4.07. The van der Waals surface area contributed by atoms with E-state index in [1.54, 1.807) is 0 Å². The van der Waals surface area contributed by atoms with Gasteiger partial charge in [-0.3, -0.25) is 4.79 Å². The van der Waals surface area contributed by atoms with Crippen molar-refractivity contribution in [3.63, 3.8) is 0 Å². The van der Waals surface area contributed by atoms with Gasteiger partial charge in [0, 0.05) is 24.3 Å². The lowest BCUT2D eigenvalue weighted by Crippen LogP contribution is -2.41. The van der Waals surface area contributed by atoms with Crippen LogP contribution < -0.4 is 10.2 Å². The molecule has 6 nitrogen and oxygen atoms in total. The van der Waals surface area contributed by atoms with Gasteiger partial charge in [0.2, 0.25) is 11.6 Å². The molecule has 3 heterocycles. The Morgan fingerprint density at radius 2 is 1.83 bits per heavy atom. The predicted molar refractivity (Wildman–Crippen MR) is 115 cm³/mol. The first kappa shape index (κ1) is 19.4.